The Kier molecular flexibility index (Phi) is 3.20. The monoisotopic (exact) mass is 248 g/mol. The van der Waals surface area contributed by atoms with Crippen LogP contribution in [0.2, 0.25) is 0 Å². The van der Waals surface area contributed by atoms with Crippen LogP contribution in [0.4, 0.5) is 16.2 Å². The quantitative estimate of drug-likeness (QED) is 0.818. The molecule has 1 fully saturated rings. The molecule has 0 aliphatic heterocycles. The van der Waals surface area contributed by atoms with Gasteiger partial charge in [0.25, 0.3) is 0 Å². The van der Waals surface area contributed by atoms with Gasteiger partial charge in [0.05, 0.1) is 0 Å². The minimum absolute atomic E-state index is 0.252. The van der Waals surface area contributed by atoms with Gasteiger partial charge in [0.1, 0.15) is 5.60 Å². The Bertz CT molecular complexity index is 447. The van der Waals surface area contributed by atoms with Gasteiger partial charge in [-0.1, -0.05) is 6.07 Å². The molecule has 1 aliphatic carbocycles. The van der Waals surface area contributed by atoms with E-state index in [2.05, 4.69) is 0 Å². The lowest BCUT2D eigenvalue weighted by Crippen LogP contribution is -2.38. The maximum atomic E-state index is 12.2. The van der Waals surface area contributed by atoms with E-state index in [4.69, 9.17) is 10.5 Å². The lowest BCUT2D eigenvalue weighted by atomic mass is 10.2. The molecule has 1 aromatic rings. The van der Waals surface area contributed by atoms with Crippen LogP contribution in [-0.4, -0.2) is 17.7 Å². The lowest BCUT2D eigenvalue weighted by Gasteiger charge is -2.27. The number of hydrogen-bond donors (Lipinski definition) is 1. The number of amides is 1. The third-order valence-corrected chi connectivity index (χ3v) is 2.65. The molecular formula is C14H20N2O2. The van der Waals surface area contributed by atoms with Gasteiger partial charge in [-0.2, -0.15) is 0 Å². The summed E-state index contributed by atoms with van der Waals surface area (Å²) in [6.07, 6.45) is 1.75. The fourth-order valence-corrected chi connectivity index (χ4v) is 1.78. The molecule has 2 rings (SSSR count). The van der Waals surface area contributed by atoms with Gasteiger partial charge in [0.2, 0.25) is 0 Å². The summed E-state index contributed by atoms with van der Waals surface area (Å²) in [5.74, 6) is 0. The normalized spacial score (nSPS) is 15.3. The summed E-state index contributed by atoms with van der Waals surface area (Å²) in [5.41, 5.74) is 6.75. The smallest absolute Gasteiger partial charge is 0.415 e. The minimum Gasteiger partial charge on any atom is -0.443 e. The van der Waals surface area contributed by atoms with Crippen molar-refractivity contribution in [1.82, 2.24) is 0 Å². The molecule has 0 saturated heterocycles. The van der Waals surface area contributed by atoms with E-state index < -0.39 is 5.60 Å². The summed E-state index contributed by atoms with van der Waals surface area (Å²) >= 11 is 0. The first kappa shape index (κ1) is 12.7. The van der Waals surface area contributed by atoms with E-state index >= 15 is 0 Å². The average molecular weight is 248 g/mol. The van der Waals surface area contributed by atoms with Crippen LogP contribution in [0.1, 0.15) is 33.6 Å². The third-order valence-electron chi connectivity index (χ3n) is 2.65. The molecule has 1 aromatic carbocycles. The van der Waals surface area contributed by atoms with Gasteiger partial charge in [-0.3, -0.25) is 4.90 Å². The molecule has 1 saturated carbocycles. The van der Waals surface area contributed by atoms with Gasteiger partial charge in [0.15, 0.2) is 0 Å². The van der Waals surface area contributed by atoms with Crippen LogP contribution in [0.5, 0.6) is 0 Å². The highest BCUT2D eigenvalue weighted by Crippen LogP contribution is 2.33. The predicted molar refractivity (Wildman–Crippen MR) is 72.6 cm³/mol. The van der Waals surface area contributed by atoms with Crippen molar-refractivity contribution in [2.24, 2.45) is 0 Å². The molecule has 4 heteroatoms. The van der Waals surface area contributed by atoms with E-state index in [-0.39, 0.29) is 12.1 Å². The first-order valence-electron chi connectivity index (χ1n) is 6.24. The average Bonchev–Trinajstić information content (AvgIpc) is 2.99. The number of anilines is 2. The van der Waals surface area contributed by atoms with E-state index in [0.717, 1.165) is 18.5 Å². The highest BCUT2D eigenvalue weighted by Gasteiger charge is 2.36. The van der Waals surface area contributed by atoms with E-state index in [9.17, 15) is 4.79 Å². The summed E-state index contributed by atoms with van der Waals surface area (Å²) < 4.78 is 5.44. The number of ether oxygens (including phenoxy) is 1. The fraction of sp³-hybridized carbons (Fsp3) is 0.500. The van der Waals surface area contributed by atoms with E-state index in [1.54, 1.807) is 4.90 Å². The maximum absolute atomic E-state index is 12.2. The Balaban J connectivity index is 2.21. The van der Waals surface area contributed by atoms with Crippen LogP contribution in [-0.2, 0) is 4.74 Å². The van der Waals surface area contributed by atoms with Crippen molar-refractivity contribution in [3.63, 3.8) is 0 Å². The minimum atomic E-state index is -0.482. The Labute approximate surface area is 108 Å². The molecular weight excluding hydrogens is 228 g/mol. The number of hydrogen-bond acceptors (Lipinski definition) is 3. The lowest BCUT2D eigenvalue weighted by molar-refractivity contribution is 0.0578. The Morgan fingerprint density at radius 2 is 2.06 bits per heavy atom. The number of nitrogen functional groups attached to an aromatic ring is 1. The van der Waals surface area contributed by atoms with E-state index in [1.165, 1.54) is 0 Å². The molecule has 0 spiro atoms. The zero-order chi connectivity index (χ0) is 13.3. The Morgan fingerprint density at radius 1 is 1.39 bits per heavy atom. The highest BCUT2D eigenvalue weighted by atomic mass is 16.6. The molecule has 0 radical (unpaired) electrons. The summed E-state index contributed by atoms with van der Waals surface area (Å²) in [4.78, 5) is 13.9. The number of nitrogens with zero attached hydrogens (tertiary/aromatic N) is 1. The van der Waals surface area contributed by atoms with Gasteiger partial charge in [-0.05, 0) is 51.8 Å². The molecule has 0 unspecified atom stereocenters. The third kappa shape index (κ3) is 3.15. The number of carbonyl (C=O) groups is 1. The standard InChI is InChI=1S/C14H20N2O2/c1-14(2,3)18-13(17)16(11-7-8-11)12-6-4-5-10(15)9-12/h4-6,9,11H,7-8,15H2,1-3H3. The number of rotatable bonds is 2. The van der Waals surface area contributed by atoms with E-state index in [0.29, 0.717) is 5.69 Å². The SMILES string of the molecule is CC(C)(C)OC(=O)N(c1cccc(N)c1)C1CC1. The second-order valence-corrected chi connectivity index (χ2v) is 5.68. The predicted octanol–water partition coefficient (Wildman–Crippen LogP) is 3.17. The molecule has 2 N–H and O–H groups in total. The van der Waals surface area contributed by atoms with Crippen molar-refractivity contribution < 1.29 is 9.53 Å². The van der Waals surface area contributed by atoms with Crippen molar-refractivity contribution in [1.29, 1.82) is 0 Å². The molecule has 18 heavy (non-hydrogen) atoms. The summed E-state index contributed by atoms with van der Waals surface area (Å²) in [7, 11) is 0. The summed E-state index contributed by atoms with van der Waals surface area (Å²) in [5, 5.41) is 0. The van der Waals surface area contributed by atoms with Crippen LogP contribution >= 0.6 is 0 Å². The van der Waals surface area contributed by atoms with Gasteiger partial charge < -0.3 is 10.5 Å². The van der Waals surface area contributed by atoms with Crippen LogP contribution in [0.25, 0.3) is 0 Å². The number of carbonyl (C=O) groups excluding carboxylic acids is 1. The molecule has 1 amide bonds. The Hall–Kier alpha value is -1.71. The number of nitrogens with two attached hydrogens (primary N) is 1. The van der Waals surface area contributed by atoms with Crippen molar-refractivity contribution in [2.75, 3.05) is 10.6 Å². The molecule has 98 valence electrons. The zero-order valence-corrected chi connectivity index (χ0v) is 11.1. The van der Waals surface area contributed by atoms with Crippen molar-refractivity contribution >= 4 is 17.5 Å². The second kappa shape index (κ2) is 4.52. The van der Waals surface area contributed by atoms with Crippen molar-refractivity contribution in [2.45, 2.75) is 45.3 Å². The first-order valence-corrected chi connectivity index (χ1v) is 6.24. The topological polar surface area (TPSA) is 55.6 Å². The molecule has 0 heterocycles. The number of benzene rings is 1. The molecule has 0 aromatic heterocycles. The largest absolute Gasteiger partial charge is 0.443 e. The summed E-state index contributed by atoms with van der Waals surface area (Å²) in [6, 6.07) is 7.61. The zero-order valence-electron chi connectivity index (χ0n) is 11.1. The van der Waals surface area contributed by atoms with Crippen LogP contribution in [0.3, 0.4) is 0 Å². The first-order chi connectivity index (χ1) is 8.37. The van der Waals surface area contributed by atoms with Gasteiger partial charge in [0, 0.05) is 17.4 Å². The van der Waals surface area contributed by atoms with Crippen molar-refractivity contribution in [3.05, 3.63) is 24.3 Å². The highest BCUT2D eigenvalue weighted by molar-refractivity contribution is 5.89. The molecule has 0 bridgehead atoms. The summed E-state index contributed by atoms with van der Waals surface area (Å²) in [6.45, 7) is 5.61. The van der Waals surface area contributed by atoms with E-state index in [1.807, 2.05) is 45.0 Å². The van der Waals surface area contributed by atoms with Gasteiger partial charge in [-0.15, -0.1) is 0 Å². The molecule has 1 aliphatic rings. The Morgan fingerprint density at radius 3 is 2.56 bits per heavy atom. The van der Waals surface area contributed by atoms with Crippen LogP contribution in [0.15, 0.2) is 24.3 Å². The van der Waals surface area contributed by atoms with Crippen LogP contribution in [0, 0.1) is 0 Å². The second-order valence-electron chi connectivity index (χ2n) is 5.68. The van der Waals surface area contributed by atoms with Gasteiger partial charge in [-0.25, -0.2) is 4.79 Å². The van der Waals surface area contributed by atoms with Crippen LogP contribution < -0.4 is 10.6 Å². The fourth-order valence-electron chi connectivity index (χ4n) is 1.78. The molecule has 0 atom stereocenters. The van der Waals surface area contributed by atoms with Gasteiger partial charge >= 0.3 is 6.09 Å². The maximum Gasteiger partial charge on any atom is 0.415 e. The molecule has 4 nitrogen and oxygen atoms in total. The van der Waals surface area contributed by atoms with Crippen molar-refractivity contribution in [3.8, 4) is 0 Å².